The van der Waals surface area contributed by atoms with Gasteiger partial charge in [-0.3, -0.25) is 14.0 Å². The maximum absolute atomic E-state index is 13.3. The highest BCUT2D eigenvalue weighted by molar-refractivity contribution is 6.27. The molecule has 0 N–H and O–H groups in total. The van der Waals surface area contributed by atoms with Crippen LogP contribution in [0, 0.1) is 5.82 Å². The van der Waals surface area contributed by atoms with Crippen LogP contribution < -0.4 is 0 Å². The largest absolute Gasteiger partial charge is 0.296 e. The van der Waals surface area contributed by atoms with Crippen molar-refractivity contribution in [2.45, 2.75) is 0 Å². The third-order valence-corrected chi connectivity index (χ3v) is 3.43. The molecule has 1 aliphatic rings. The van der Waals surface area contributed by atoms with Crippen LogP contribution in [-0.4, -0.2) is 21.0 Å². The SMILES string of the molecule is O=C1c2ccc(F)cc2C(=O)c2c1nc1ccccn21. The molecule has 0 fully saturated rings. The van der Waals surface area contributed by atoms with Gasteiger partial charge < -0.3 is 0 Å². The van der Waals surface area contributed by atoms with Crippen LogP contribution in [0.1, 0.15) is 32.1 Å². The molecular formula is C15H7FN2O2. The summed E-state index contributed by atoms with van der Waals surface area (Å²) in [6.45, 7) is 0. The highest BCUT2D eigenvalue weighted by Gasteiger charge is 2.34. The summed E-state index contributed by atoms with van der Waals surface area (Å²) in [5, 5.41) is 0. The second-order valence-electron chi connectivity index (χ2n) is 4.59. The van der Waals surface area contributed by atoms with Crippen LogP contribution in [0.25, 0.3) is 5.65 Å². The summed E-state index contributed by atoms with van der Waals surface area (Å²) < 4.78 is 14.9. The first kappa shape index (κ1) is 11.0. The summed E-state index contributed by atoms with van der Waals surface area (Å²) in [6.07, 6.45) is 1.66. The van der Waals surface area contributed by atoms with Crippen LogP contribution in [0.2, 0.25) is 0 Å². The predicted molar refractivity (Wildman–Crippen MR) is 68.5 cm³/mol. The number of halogens is 1. The number of hydrogen-bond donors (Lipinski definition) is 0. The number of imidazole rings is 1. The fourth-order valence-corrected chi connectivity index (χ4v) is 2.53. The molecule has 0 saturated heterocycles. The topological polar surface area (TPSA) is 51.4 Å². The Balaban J connectivity index is 2.11. The van der Waals surface area contributed by atoms with E-state index in [2.05, 4.69) is 4.98 Å². The average Bonchev–Trinajstić information content (AvgIpc) is 2.84. The molecule has 4 nitrogen and oxygen atoms in total. The Hall–Kier alpha value is -2.82. The number of hydrogen-bond acceptors (Lipinski definition) is 3. The molecular weight excluding hydrogens is 259 g/mol. The minimum atomic E-state index is -0.540. The Bertz CT molecular complexity index is 911. The van der Waals surface area contributed by atoms with Gasteiger partial charge in [0.2, 0.25) is 11.6 Å². The number of aromatic nitrogens is 2. The Kier molecular flexibility index (Phi) is 1.99. The van der Waals surface area contributed by atoms with Crippen molar-refractivity contribution >= 4 is 17.2 Å². The van der Waals surface area contributed by atoms with E-state index in [9.17, 15) is 14.0 Å². The van der Waals surface area contributed by atoms with E-state index in [1.54, 1.807) is 28.8 Å². The lowest BCUT2D eigenvalue weighted by Crippen LogP contribution is -2.22. The molecule has 3 aromatic rings. The third-order valence-electron chi connectivity index (χ3n) is 3.43. The number of carbonyl (C=O) groups is 2. The van der Waals surface area contributed by atoms with E-state index in [-0.39, 0.29) is 34.1 Å². The highest BCUT2D eigenvalue weighted by atomic mass is 19.1. The molecule has 4 rings (SSSR count). The minimum Gasteiger partial charge on any atom is -0.296 e. The fraction of sp³-hybridized carbons (Fsp3) is 0. The predicted octanol–water partition coefficient (Wildman–Crippen LogP) is 2.25. The van der Waals surface area contributed by atoms with Crippen molar-refractivity contribution in [2.24, 2.45) is 0 Å². The van der Waals surface area contributed by atoms with E-state index in [4.69, 9.17) is 0 Å². The summed E-state index contributed by atoms with van der Waals surface area (Å²) in [5.41, 5.74) is 1.14. The van der Waals surface area contributed by atoms with Crippen LogP contribution in [0.4, 0.5) is 4.39 Å². The fourth-order valence-electron chi connectivity index (χ4n) is 2.53. The normalized spacial score (nSPS) is 13.4. The zero-order valence-electron chi connectivity index (χ0n) is 10.1. The molecule has 20 heavy (non-hydrogen) atoms. The van der Waals surface area contributed by atoms with E-state index in [0.29, 0.717) is 5.65 Å². The number of rotatable bonds is 0. The van der Waals surface area contributed by atoms with Gasteiger partial charge in [0.05, 0.1) is 0 Å². The number of nitrogens with zero attached hydrogens (tertiary/aromatic N) is 2. The Morgan fingerprint density at radius 1 is 1.00 bits per heavy atom. The zero-order chi connectivity index (χ0) is 13.9. The quantitative estimate of drug-likeness (QED) is 0.490. The average molecular weight is 266 g/mol. The maximum atomic E-state index is 13.3. The van der Waals surface area contributed by atoms with Crippen LogP contribution in [0.5, 0.6) is 0 Å². The number of ketones is 2. The summed E-state index contributed by atoms with van der Waals surface area (Å²) >= 11 is 0. The summed E-state index contributed by atoms with van der Waals surface area (Å²) in [4.78, 5) is 29.1. The van der Waals surface area contributed by atoms with Gasteiger partial charge in [0.15, 0.2) is 0 Å². The standard InChI is InChI=1S/C15H7FN2O2/c16-8-4-5-9-10(7-8)15(20)13-12(14(9)19)17-11-3-1-2-6-18(11)13/h1-7H. The van der Waals surface area contributed by atoms with Crippen molar-refractivity contribution in [3.8, 4) is 0 Å². The van der Waals surface area contributed by atoms with Crippen molar-refractivity contribution in [1.82, 2.24) is 9.38 Å². The van der Waals surface area contributed by atoms with Gasteiger partial charge >= 0.3 is 0 Å². The monoisotopic (exact) mass is 266 g/mol. The molecule has 2 aromatic heterocycles. The van der Waals surface area contributed by atoms with Crippen molar-refractivity contribution in [2.75, 3.05) is 0 Å². The van der Waals surface area contributed by atoms with E-state index in [1.165, 1.54) is 12.1 Å². The smallest absolute Gasteiger partial charge is 0.214 e. The molecule has 0 amide bonds. The van der Waals surface area contributed by atoms with Crippen molar-refractivity contribution in [3.63, 3.8) is 0 Å². The molecule has 0 atom stereocenters. The van der Waals surface area contributed by atoms with E-state index < -0.39 is 5.82 Å². The second kappa shape index (κ2) is 3.60. The molecule has 1 aromatic carbocycles. The first-order valence-electron chi connectivity index (χ1n) is 6.03. The minimum absolute atomic E-state index is 0.0909. The molecule has 0 unspecified atom stereocenters. The zero-order valence-corrected chi connectivity index (χ0v) is 10.1. The van der Waals surface area contributed by atoms with Crippen LogP contribution in [-0.2, 0) is 0 Å². The Morgan fingerprint density at radius 2 is 1.85 bits per heavy atom. The van der Waals surface area contributed by atoms with Crippen molar-refractivity contribution in [3.05, 3.63) is 70.9 Å². The molecule has 1 aliphatic carbocycles. The second-order valence-corrected chi connectivity index (χ2v) is 4.59. The van der Waals surface area contributed by atoms with Crippen molar-refractivity contribution in [1.29, 1.82) is 0 Å². The third kappa shape index (κ3) is 1.26. The first-order valence-corrected chi connectivity index (χ1v) is 6.03. The summed E-state index contributed by atoms with van der Waals surface area (Å²) in [5.74, 6) is -1.27. The van der Waals surface area contributed by atoms with Gasteiger partial charge in [-0.05, 0) is 30.3 Å². The van der Waals surface area contributed by atoms with Gasteiger partial charge in [-0.25, -0.2) is 9.37 Å². The van der Waals surface area contributed by atoms with E-state index in [0.717, 1.165) is 6.07 Å². The summed E-state index contributed by atoms with van der Waals surface area (Å²) in [6, 6.07) is 8.83. The molecule has 96 valence electrons. The molecule has 0 aliphatic heterocycles. The number of pyridine rings is 1. The maximum Gasteiger partial charge on any atom is 0.214 e. The molecule has 0 spiro atoms. The van der Waals surface area contributed by atoms with E-state index >= 15 is 0 Å². The van der Waals surface area contributed by atoms with Crippen molar-refractivity contribution < 1.29 is 14.0 Å². The van der Waals surface area contributed by atoms with Gasteiger partial charge in [0.1, 0.15) is 22.9 Å². The van der Waals surface area contributed by atoms with Crippen LogP contribution in [0.15, 0.2) is 42.6 Å². The Labute approximate surface area is 112 Å². The molecule has 0 saturated carbocycles. The Morgan fingerprint density at radius 3 is 2.70 bits per heavy atom. The summed E-state index contributed by atoms with van der Waals surface area (Å²) in [7, 11) is 0. The lowest BCUT2D eigenvalue weighted by atomic mass is 9.90. The number of fused-ring (bicyclic) bond motifs is 4. The lowest BCUT2D eigenvalue weighted by Gasteiger charge is -2.13. The first-order chi connectivity index (χ1) is 9.66. The number of benzene rings is 1. The lowest BCUT2D eigenvalue weighted by molar-refractivity contribution is 0.0972. The van der Waals surface area contributed by atoms with Gasteiger partial charge in [0, 0.05) is 17.3 Å². The van der Waals surface area contributed by atoms with Gasteiger partial charge in [0.25, 0.3) is 0 Å². The highest BCUT2D eigenvalue weighted by Crippen LogP contribution is 2.28. The van der Waals surface area contributed by atoms with E-state index in [1.807, 2.05) is 0 Å². The van der Waals surface area contributed by atoms with Gasteiger partial charge in [-0.2, -0.15) is 0 Å². The van der Waals surface area contributed by atoms with Crippen LogP contribution >= 0.6 is 0 Å². The van der Waals surface area contributed by atoms with Crippen LogP contribution in [0.3, 0.4) is 0 Å². The molecule has 2 heterocycles. The molecule has 0 radical (unpaired) electrons. The molecule has 0 bridgehead atoms. The van der Waals surface area contributed by atoms with Gasteiger partial charge in [-0.15, -0.1) is 0 Å². The van der Waals surface area contributed by atoms with Gasteiger partial charge in [-0.1, -0.05) is 6.07 Å². The number of carbonyl (C=O) groups excluding carboxylic acids is 2. The molecule has 5 heteroatoms.